The summed E-state index contributed by atoms with van der Waals surface area (Å²) < 4.78 is 32.7. The Balaban J connectivity index is 1.74. The molecule has 0 unspecified atom stereocenters. The Bertz CT molecular complexity index is 880. The minimum Gasteiger partial charge on any atom is -0.497 e. The molecule has 7 heteroatoms. The standard InChI is InChI=1S/C17H21N3O3S/c1-23-13-5-6-15-14(12-13)18-17(16-4-3-9-20(15)16)7-10-19(11-8-17)24(2,21)22/h3-6,9,12,18H,7-8,10-11H2,1-2H3. The third-order valence-electron chi connectivity index (χ3n) is 5.12. The zero-order valence-electron chi connectivity index (χ0n) is 13.8. The van der Waals surface area contributed by atoms with E-state index in [2.05, 4.69) is 22.1 Å². The van der Waals surface area contributed by atoms with Crippen LogP contribution in [0.2, 0.25) is 0 Å². The van der Waals surface area contributed by atoms with Crippen molar-refractivity contribution in [1.29, 1.82) is 0 Å². The summed E-state index contributed by atoms with van der Waals surface area (Å²) in [5.74, 6) is 0.806. The second-order valence-corrected chi connectivity index (χ2v) is 8.50. The summed E-state index contributed by atoms with van der Waals surface area (Å²) in [5.41, 5.74) is 3.05. The van der Waals surface area contributed by atoms with Gasteiger partial charge in [-0.05, 0) is 37.1 Å². The molecule has 0 radical (unpaired) electrons. The molecule has 1 fully saturated rings. The summed E-state index contributed by atoms with van der Waals surface area (Å²) in [7, 11) is -1.48. The molecule has 0 bridgehead atoms. The molecule has 6 nitrogen and oxygen atoms in total. The molecule has 2 aromatic rings. The van der Waals surface area contributed by atoms with E-state index in [9.17, 15) is 8.42 Å². The van der Waals surface area contributed by atoms with Crippen molar-refractivity contribution in [2.75, 3.05) is 31.8 Å². The van der Waals surface area contributed by atoms with Gasteiger partial charge in [0.1, 0.15) is 5.75 Å². The van der Waals surface area contributed by atoms with Gasteiger partial charge in [0.2, 0.25) is 10.0 Å². The molecular formula is C17H21N3O3S. The van der Waals surface area contributed by atoms with E-state index < -0.39 is 10.0 Å². The molecule has 1 aromatic carbocycles. The highest BCUT2D eigenvalue weighted by Crippen LogP contribution is 2.44. The molecular weight excluding hydrogens is 326 g/mol. The molecule has 0 atom stereocenters. The number of rotatable bonds is 2. The number of anilines is 1. The molecule has 1 aromatic heterocycles. The molecule has 0 amide bonds. The van der Waals surface area contributed by atoms with Crippen LogP contribution in [0.4, 0.5) is 5.69 Å². The van der Waals surface area contributed by atoms with E-state index in [0.29, 0.717) is 13.1 Å². The number of methoxy groups -OCH3 is 1. The Morgan fingerprint density at radius 2 is 1.96 bits per heavy atom. The lowest BCUT2D eigenvalue weighted by Gasteiger charge is -2.45. The minimum atomic E-state index is -3.14. The Kier molecular flexibility index (Phi) is 3.40. The lowest BCUT2D eigenvalue weighted by atomic mass is 9.83. The summed E-state index contributed by atoms with van der Waals surface area (Å²) in [5, 5.41) is 3.68. The maximum Gasteiger partial charge on any atom is 0.211 e. The van der Waals surface area contributed by atoms with Gasteiger partial charge in [0.15, 0.2) is 0 Å². The number of nitrogens with zero attached hydrogens (tertiary/aromatic N) is 2. The van der Waals surface area contributed by atoms with Crippen LogP contribution in [0.1, 0.15) is 18.5 Å². The minimum absolute atomic E-state index is 0.246. The van der Waals surface area contributed by atoms with Gasteiger partial charge in [-0.3, -0.25) is 0 Å². The Morgan fingerprint density at radius 3 is 2.62 bits per heavy atom. The Hall–Kier alpha value is -1.99. The molecule has 24 heavy (non-hydrogen) atoms. The van der Waals surface area contributed by atoms with E-state index in [1.165, 1.54) is 11.9 Å². The van der Waals surface area contributed by atoms with Crippen molar-refractivity contribution in [2.24, 2.45) is 0 Å². The number of hydrogen-bond donors (Lipinski definition) is 1. The van der Waals surface area contributed by atoms with E-state index in [1.54, 1.807) is 11.4 Å². The van der Waals surface area contributed by atoms with Crippen LogP contribution in [0.15, 0.2) is 36.5 Å². The molecule has 2 aliphatic rings. The van der Waals surface area contributed by atoms with Gasteiger partial charge in [0.25, 0.3) is 0 Å². The summed E-state index contributed by atoms with van der Waals surface area (Å²) >= 11 is 0. The van der Waals surface area contributed by atoms with Gasteiger partial charge >= 0.3 is 0 Å². The lowest BCUT2D eigenvalue weighted by Crippen LogP contribution is -2.50. The fraction of sp³-hybridized carbons (Fsp3) is 0.412. The second-order valence-electron chi connectivity index (χ2n) is 6.52. The van der Waals surface area contributed by atoms with E-state index >= 15 is 0 Å². The number of hydrogen-bond acceptors (Lipinski definition) is 4. The first-order chi connectivity index (χ1) is 11.4. The van der Waals surface area contributed by atoms with Crippen LogP contribution < -0.4 is 10.1 Å². The highest BCUT2D eigenvalue weighted by Gasteiger charge is 2.42. The van der Waals surface area contributed by atoms with E-state index in [1.807, 2.05) is 24.3 Å². The quantitative estimate of drug-likeness (QED) is 0.904. The average molecular weight is 347 g/mol. The number of nitrogens with one attached hydrogen (secondary N) is 1. The Labute approximate surface area is 142 Å². The van der Waals surface area contributed by atoms with Gasteiger partial charge in [0.05, 0.1) is 30.3 Å². The molecule has 4 rings (SSSR count). The topological polar surface area (TPSA) is 63.6 Å². The number of fused-ring (bicyclic) bond motifs is 4. The SMILES string of the molecule is COc1ccc2c(c1)NC1(CCN(S(C)(=O)=O)CC1)c1cccn1-2. The molecule has 3 heterocycles. The smallest absolute Gasteiger partial charge is 0.211 e. The average Bonchev–Trinajstić information content (AvgIpc) is 3.05. The highest BCUT2D eigenvalue weighted by atomic mass is 32.2. The molecule has 0 saturated carbocycles. The monoisotopic (exact) mass is 347 g/mol. The van der Waals surface area contributed by atoms with Crippen molar-refractivity contribution < 1.29 is 13.2 Å². The highest BCUT2D eigenvalue weighted by molar-refractivity contribution is 7.88. The van der Waals surface area contributed by atoms with Crippen LogP contribution in [0.5, 0.6) is 5.75 Å². The maximum absolute atomic E-state index is 11.8. The predicted molar refractivity (Wildman–Crippen MR) is 93.3 cm³/mol. The molecule has 128 valence electrons. The number of ether oxygens (including phenoxy) is 1. The van der Waals surface area contributed by atoms with Crippen molar-refractivity contribution in [3.63, 3.8) is 0 Å². The number of benzene rings is 1. The maximum atomic E-state index is 11.8. The van der Waals surface area contributed by atoms with Crippen LogP contribution in [0.3, 0.4) is 0 Å². The summed E-state index contributed by atoms with van der Waals surface area (Å²) in [6.45, 7) is 1.05. The summed E-state index contributed by atoms with van der Waals surface area (Å²) in [4.78, 5) is 0. The number of sulfonamides is 1. The fourth-order valence-corrected chi connectivity index (χ4v) is 4.68. The largest absolute Gasteiger partial charge is 0.497 e. The van der Waals surface area contributed by atoms with Crippen molar-refractivity contribution in [3.8, 4) is 11.4 Å². The zero-order valence-corrected chi connectivity index (χ0v) is 14.6. The third-order valence-corrected chi connectivity index (χ3v) is 6.42. The van der Waals surface area contributed by atoms with Crippen LogP contribution in [-0.2, 0) is 15.6 Å². The van der Waals surface area contributed by atoms with Gasteiger partial charge < -0.3 is 14.6 Å². The van der Waals surface area contributed by atoms with Gasteiger partial charge in [-0.1, -0.05) is 0 Å². The second kappa shape index (κ2) is 5.26. The fourth-order valence-electron chi connectivity index (χ4n) is 3.84. The van der Waals surface area contributed by atoms with Crippen LogP contribution in [0.25, 0.3) is 5.69 Å². The third kappa shape index (κ3) is 2.31. The molecule has 2 aliphatic heterocycles. The van der Waals surface area contributed by atoms with Crippen molar-refractivity contribution in [1.82, 2.24) is 8.87 Å². The Morgan fingerprint density at radius 1 is 1.21 bits per heavy atom. The number of aromatic nitrogens is 1. The van der Waals surface area contributed by atoms with Crippen LogP contribution in [-0.4, -0.2) is 43.7 Å². The van der Waals surface area contributed by atoms with E-state index in [-0.39, 0.29) is 5.54 Å². The van der Waals surface area contributed by atoms with Gasteiger partial charge in [-0.2, -0.15) is 0 Å². The lowest BCUT2D eigenvalue weighted by molar-refractivity contribution is 0.248. The van der Waals surface area contributed by atoms with Gasteiger partial charge in [0, 0.05) is 31.0 Å². The molecule has 1 saturated heterocycles. The predicted octanol–water partition coefficient (Wildman–Crippen LogP) is 2.16. The van der Waals surface area contributed by atoms with Gasteiger partial charge in [-0.15, -0.1) is 0 Å². The molecule has 1 N–H and O–H groups in total. The van der Waals surface area contributed by atoms with E-state index in [0.717, 1.165) is 30.0 Å². The number of piperidine rings is 1. The zero-order chi connectivity index (χ0) is 16.9. The van der Waals surface area contributed by atoms with Crippen molar-refractivity contribution >= 4 is 15.7 Å². The van der Waals surface area contributed by atoms with Crippen LogP contribution >= 0.6 is 0 Å². The molecule has 0 aliphatic carbocycles. The first-order valence-corrected chi connectivity index (χ1v) is 9.87. The molecule has 1 spiro atoms. The normalized spacial score (nSPS) is 19.4. The van der Waals surface area contributed by atoms with Crippen molar-refractivity contribution in [3.05, 3.63) is 42.2 Å². The van der Waals surface area contributed by atoms with E-state index in [4.69, 9.17) is 4.74 Å². The first-order valence-electron chi connectivity index (χ1n) is 8.02. The summed E-state index contributed by atoms with van der Waals surface area (Å²) in [6, 6.07) is 10.2. The van der Waals surface area contributed by atoms with Crippen molar-refractivity contribution in [2.45, 2.75) is 18.4 Å². The van der Waals surface area contributed by atoms with Crippen LogP contribution in [0, 0.1) is 0 Å². The van der Waals surface area contributed by atoms with Gasteiger partial charge in [-0.25, -0.2) is 12.7 Å². The first kappa shape index (κ1) is 15.5. The summed E-state index contributed by atoms with van der Waals surface area (Å²) in [6.07, 6.45) is 4.82.